The average Bonchev–Trinajstić information content (AvgIpc) is 2.76. The molecule has 0 saturated carbocycles. The Morgan fingerprint density at radius 1 is 0.903 bits per heavy atom. The van der Waals surface area contributed by atoms with E-state index in [1.807, 2.05) is 18.2 Å². The van der Waals surface area contributed by atoms with Gasteiger partial charge in [0, 0.05) is 18.9 Å². The number of hydrogen-bond donors (Lipinski definition) is 0. The molecule has 0 aliphatic rings. The standard InChI is InChI=1S/C27H44O4/c1-5-6-7-8-9-10-11-12-13-14-15-16-17-18-26(31-23(2)28)22-24-21-25(29-3)19-20-27(24)30-4/h12-13,19-21,26H,5-11,14-18,22H2,1-4H3/b13-12-/t26-/m1/s1. The SMILES string of the molecule is CCCCCCCC/C=C\CCCCC[C@H](Cc1cc(OC)ccc1OC)OC(C)=O. The highest BCUT2D eigenvalue weighted by Gasteiger charge is 2.16. The van der Waals surface area contributed by atoms with Crippen LogP contribution in [0.25, 0.3) is 0 Å². The summed E-state index contributed by atoms with van der Waals surface area (Å²) in [4.78, 5) is 11.6. The van der Waals surface area contributed by atoms with E-state index in [4.69, 9.17) is 14.2 Å². The summed E-state index contributed by atoms with van der Waals surface area (Å²) in [7, 11) is 3.31. The van der Waals surface area contributed by atoms with E-state index in [1.165, 1.54) is 58.3 Å². The minimum atomic E-state index is -0.232. The van der Waals surface area contributed by atoms with Crippen molar-refractivity contribution in [3.63, 3.8) is 0 Å². The van der Waals surface area contributed by atoms with Gasteiger partial charge in [0.15, 0.2) is 0 Å². The van der Waals surface area contributed by atoms with Crippen molar-refractivity contribution in [2.24, 2.45) is 0 Å². The van der Waals surface area contributed by atoms with Gasteiger partial charge in [0.05, 0.1) is 14.2 Å². The van der Waals surface area contributed by atoms with Gasteiger partial charge >= 0.3 is 5.97 Å². The number of rotatable bonds is 18. The zero-order valence-electron chi connectivity index (χ0n) is 20.3. The Morgan fingerprint density at radius 3 is 2.16 bits per heavy atom. The van der Waals surface area contributed by atoms with Gasteiger partial charge in [0.25, 0.3) is 0 Å². The lowest BCUT2D eigenvalue weighted by molar-refractivity contribution is -0.146. The summed E-state index contributed by atoms with van der Waals surface area (Å²) in [6, 6.07) is 5.74. The third-order valence-electron chi connectivity index (χ3n) is 5.56. The Labute approximate surface area is 190 Å². The van der Waals surface area contributed by atoms with E-state index in [0.717, 1.165) is 42.7 Å². The van der Waals surface area contributed by atoms with Crippen molar-refractivity contribution in [1.29, 1.82) is 0 Å². The number of ether oxygens (including phenoxy) is 3. The highest BCUT2D eigenvalue weighted by atomic mass is 16.5. The molecule has 0 heterocycles. The van der Waals surface area contributed by atoms with Gasteiger partial charge in [-0.05, 0) is 56.7 Å². The Bertz CT molecular complexity index is 624. The molecular weight excluding hydrogens is 388 g/mol. The van der Waals surface area contributed by atoms with Crippen LogP contribution >= 0.6 is 0 Å². The molecule has 0 spiro atoms. The van der Waals surface area contributed by atoms with Crippen LogP contribution in [0.15, 0.2) is 30.4 Å². The van der Waals surface area contributed by atoms with Gasteiger partial charge in [-0.15, -0.1) is 0 Å². The van der Waals surface area contributed by atoms with Crippen LogP contribution in [0.4, 0.5) is 0 Å². The first-order valence-electron chi connectivity index (χ1n) is 12.1. The molecule has 4 heteroatoms. The fraction of sp³-hybridized carbons (Fsp3) is 0.667. The first-order valence-corrected chi connectivity index (χ1v) is 12.1. The first kappa shape index (κ1) is 27.1. The van der Waals surface area contributed by atoms with E-state index in [1.54, 1.807) is 14.2 Å². The largest absolute Gasteiger partial charge is 0.497 e. The number of hydrogen-bond acceptors (Lipinski definition) is 4. The van der Waals surface area contributed by atoms with Crippen molar-refractivity contribution >= 4 is 5.97 Å². The number of allylic oxidation sites excluding steroid dienone is 2. The Morgan fingerprint density at radius 2 is 1.55 bits per heavy atom. The molecule has 0 aliphatic carbocycles. The van der Waals surface area contributed by atoms with E-state index in [-0.39, 0.29) is 12.1 Å². The highest BCUT2D eigenvalue weighted by molar-refractivity contribution is 5.66. The number of methoxy groups -OCH3 is 2. The lowest BCUT2D eigenvalue weighted by Crippen LogP contribution is -2.19. The van der Waals surface area contributed by atoms with Crippen LogP contribution in [0, 0.1) is 0 Å². The molecule has 0 unspecified atom stereocenters. The van der Waals surface area contributed by atoms with Crippen molar-refractivity contribution < 1.29 is 19.0 Å². The van der Waals surface area contributed by atoms with Crippen LogP contribution in [0.2, 0.25) is 0 Å². The van der Waals surface area contributed by atoms with Gasteiger partial charge in [-0.2, -0.15) is 0 Å². The number of benzene rings is 1. The van der Waals surface area contributed by atoms with E-state index in [0.29, 0.717) is 6.42 Å². The molecule has 176 valence electrons. The summed E-state index contributed by atoms with van der Waals surface area (Å²) < 4.78 is 16.4. The lowest BCUT2D eigenvalue weighted by Gasteiger charge is -2.19. The number of carbonyl (C=O) groups is 1. The van der Waals surface area contributed by atoms with E-state index in [9.17, 15) is 4.79 Å². The first-order chi connectivity index (χ1) is 15.1. The predicted molar refractivity (Wildman–Crippen MR) is 129 cm³/mol. The van der Waals surface area contributed by atoms with Gasteiger partial charge in [-0.25, -0.2) is 0 Å². The van der Waals surface area contributed by atoms with Crippen molar-refractivity contribution in [3.05, 3.63) is 35.9 Å². The fourth-order valence-corrected chi connectivity index (χ4v) is 3.81. The summed E-state index contributed by atoms with van der Waals surface area (Å²) in [6.45, 7) is 3.74. The van der Waals surface area contributed by atoms with Crippen molar-refractivity contribution in [3.8, 4) is 11.5 Å². The van der Waals surface area contributed by atoms with Crippen LogP contribution in [-0.2, 0) is 16.0 Å². The molecule has 0 aromatic heterocycles. The molecule has 0 fully saturated rings. The fourth-order valence-electron chi connectivity index (χ4n) is 3.81. The maximum absolute atomic E-state index is 11.6. The zero-order chi connectivity index (χ0) is 22.7. The van der Waals surface area contributed by atoms with Gasteiger partial charge in [0.2, 0.25) is 0 Å². The van der Waals surface area contributed by atoms with Crippen LogP contribution < -0.4 is 9.47 Å². The molecule has 0 N–H and O–H groups in total. The normalized spacial score (nSPS) is 12.1. The van der Waals surface area contributed by atoms with Gasteiger partial charge in [0.1, 0.15) is 17.6 Å². The number of esters is 1. The quantitative estimate of drug-likeness (QED) is 0.137. The van der Waals surface area contributed by atoms with Crippen LogP contribution in [0.1, 0.15) is 96.5 Å². The Hall–Kier alpha value is -1.97. The van der Waals surface area contributed by atoms with Crippen molar-refractivity contribution in [2.75, 3.05) is 14.2 Å². The molecule has 1 atom stereocenters. The van der Waals surface area contributed by atoms with E-state index < -0.39 is 0 Å². The molecule has 0 radical (unpaired) electrons. The molecule has 0 amide bonds. The molecule has 1 aromatic carbocycles. The zero-order valence-corrected chi connectivity index (χ0v) is 20.3. The number of unbranched alkanes of at least 4 members (excludes halogenated alkanes) is 9. The lowest BCUT2D eigenvalue weighted by atomic mass is 10.0. The minimum absolute atomic E-state index is 0.137. The third-order valence-corrected chi connectivity index (χ3v) is 5.56. The maximum Gasteiger partial charge on any atom is 0.302 e. The van der Waals surface area contributed by atoms with Crippen molar-refractivity contribution in [1.82, 2.24) is 0 Å². The average molecular weight is 433 g/mol. The molecule has 0 saturated heterocycles. The maximum atomic E-state index is 11.6. The van der Waals surface area contributed by atoms with Crippen LogP contribution in [-0.4, -0.2) is 26.3 Å². The summed E-state index contributed by atoms with van der Waals surface area (Å²) in [6.07, 6.45) is 19.9. The molecule has 1 aromatic rings. The highest BCUT2D eigenvalue weighted by Crippen LogP contribution is 2.27. The van der Waals surface area contributed by atoms with E-state index >= 15 is 0 Å². The van der Waals surface area contributed by atoms with Crippen LogP contribution in [0.3, 0.4) is 0 Å². The topological polar surface area (TPSA) is 44.8 Å². The predicted octanol–water partition coefficient (Wildman–Crippen LogP) is 7.44. The van der Waals surface area contributed by atoms with E-state index in [2.05, 4.69) is 19.1 Å². The van der Waals surface area contributed by atoms with Crippen LogP contribution in [0.5, 0.6) is 11.5 Å². The summed E-state index contributed by atoms with van der Waals surface area (Å²) in [5.74, 6) is 1.35. The second kappa shape index (κ2) is 17.7. The molecule has 0 aliphatic heterocycles. The smallest absolute Gasteiger partial charge is 0.302 e. The monoisotopic (exact) mass is 432 g/mol. The number of carbonyl (C=O) groups excluding carboxylic acids is 1. The Kier molecular flexibility index (Phi) is 15.4. The Balaban J connectivity index is 2.30. The minimum Gasteiger partial charge on any atom is -0.497 e. The summed E-state index contributed by atoms with van der Waals surface area (Å²) in [5, 5.41) is 0. The van der Waals surface area contributed by atoms with Gasteiger partial charge < -0.3 is 14.2 Å². The molecular formula is C27H44O4. The third kappa shape index (κ3) is 13.1. The molecule has 1 rings (SSSR count). The summed E-state index contributed by atoms with van der Waals surface area (Å²) >= 11 is 0. The van der Waals surface area contributed by atoms with Gasteiger partial charge in [-0.1, -0.05) is 57.6 Å². The second-order valence-corrected chi connectivity index (χ2v) is 8.28. The van der Waals surface area contributed by atoms with Gasteiger partial charge in [-0.3, -0.25) is 4.79 Å². The molecule has 4 nitrogen and oxygen atoms in total. The molecule has 0 bridgehead atoms. The summed E-state index contributed by atoms with van der Waals surface area (Å²) in [5.41, 5.74) is 1.01. The molecule has 31 heavy (non-hydrogen) atoms. The van der Waals surface area contributed by atoms with Crippen molar-refractivity contribution in [2.45, 2.75) is 103 Å². The second-order valence-electron chi connectivity index (χ2n) is 8.28.